The Hall–Kier alpha value is -2.03. The van der Waals surface area contributed by atoms with Gasteiger partial charge in [-0.15, -0.1) is 0 Å². The van der Waals surface area contributed by atoms with Crippen LogP contribution < -0.4 is 5.32 Å². The van der Waals surface area contributed by atoms with Gasteiger partial charge >= 0.3 is 0 Å². The maximum absolute atomic E-state index is 11.8. The van der Waals surface area contributed by atoms with Crippen LogP contribution >= 0.6 is 0 Å². The minimum Gasteiger partial charge on any atom is -0.352 e. The highest BCUT2D eigenvalue weighted by molar-refractivity contribution is 5.75. The van der Waals surface area contributed by atoms with Gasteiger partial charge in [0.1, 0.15) is 0 Å². The zero-order valence-electron chi connectivity index (χ0n) is 11.5. The van der Waals surface area contributed by atoms with Gasteiger partial charge in [0.15, 0.2) is 0 Å². The Balaban J connectivity index is 1.79. The van der Waals surface area contributed by atoms with Crippen LogP contribution in [0.2, 0.25) is 0 Å². The predicted molar refractivity (Wildman–Crippen MR) is 76.8 cm³/mol. The Bertz CT molecular complexity index is 524. The van der Waals surface area contributed by atoms with E-state index >= 15 is 0 Å². The molecule has 0 bridgehead atoms. The van der Waals surface area contributed by atoms with Gasteiger partial charge in [-0.1, -0.05) is 30.3 Å². The summed E-state index contributed by atoms with van der Waals surface area (Å²) in [6.45, 7) is 5.47. The largest absolute Gasteiger partial charge is 0.352 e. The number of benzene rings is 1. The predicted octanol–water partition coefficient (Wildman–Crippen LogP) is 2.81. The lowest BCUT2D eigenvalue weighted by atomic mass is 10.2. The van der Waals surface area contributed by atoms with Crippen LogP contribution in [0.15, 0.2) is 42.5 Å². The smallest absolute Gasteiger partial charge is 0.222 e. The molecule has 1 amide bonds. The number of aryl methyl sites for hydroxylation is 2. The lowest BCUT2D eigenvalue weighted by Crippen LogP contribution is -2.24. The van der Waals surface area contributed by atoms with Gasteiger partial charge in [0, 0.05) is 30.9 Å². The average Bonchev–Trinajstić information content (AvgIpc) is 2.75. The highest BCUT2D eigenvalue weighted by atomic mass is 16.1. The van der Waals surface area contributed by atoms with Crippen molar-refractivity contribution in [2.24, 2.45) is 0 Å². The Morgan fingerprint density at radius 3 is 2.32 bits per heavy atom. The molecule has 0 atom stereocenters. The summed E-state index contributed by atoms with van der Waals surface area (Å²) in [5, 5.41) is 2.95. The molecule has 0 saturated heterocycles. The molecule has 0 aliphatic heterocycles. The van der Waals surface area contributed by atoms with Crippen molar-refractivity contribution in [2.75, 3.05) is 0 Å². The van der Waals surface area contributed by atoms with Gasteiger partial charge in [-0.25, -0.2) is 0 Å². The van der Waals surface area contributed by atoms with Gasteiger partial charge in [0.05, 0.1) is 0 Å². The maximum atomic E-state index is 11.8. The van der Waals surface area contributed by atoms with E-state index in [-0.39, 0.29) is 5.91 Å². The fraction of sp³-hybridized carbons (Fsp3) is 0.312. The number of aromatic nitrogens is 1. The van der Waals surface area contributed by atoms with Gasteiger partial charge in [0.2, 0.25) is 5.91 Å². The molecule has 1 aromatic heterocycles. The van der Waals surface area contributed by atoms with Crippen molar-refractivity contribution in [1.82, 2.24) is 9.88 Å². The normalized spacial score (nSPS) is 10.4. The lowest BCUT2D eigenvalue weighted by molar-refractivity contribution is -0.121. The van der Waals surface area contributed by atoms with Crippen LogP contribution in [-0.2, 0) is 17.9 Å². The molecule has 0 radical (unpaired) electrons. The number of rotatable bonds is 5. The van der Waals surface area contributed by atoms with Crippen LogP contribution in [0.3, 0.4) is 0 Å². The summed E-state index contributed by atoms with van der Waals surface area (Å²) in [4.78, 5) is 11.8. The minimum absolute atomic E-state index is 0.0938. The van der Waals surface area contributed by atoms with E-state index in [1.165, 1.54) is 11.4 Å². The van der Waals surface area contributed by atoms with E-state index in [9.17, 15) is 4.79 Å². The molecule has 0 unspecified atom stereocenters. The second-order valence-corrected chi connectivity index (χ2v) is 4.78. The number of nitrogens with one attached hydrogen (secondary N) is 1. The highest BCUT2D eigenvalue weighted by Crippen LogP contribution is 2.07. The molecule has 2 aromatic rings. The van der Waals surface area contributed by atoms with Crippen LogP contribution in [0.5, 0.6) is 0 Å². The molecular weight excluding hydrogens is 236 g/mol. The van der Waals surface area contributed by atoms with E-state index in [1.54, 1.807) is 0 Å². The van der Waals surface area contributed by atoms with E-state index in [0.717, 1.165) is 12.1 Å². The number of hydrogen-bond acceptors (Lipinski definition) is 1. The van der Waals surface area contributed by atoms with Crippen molar-refractivity contribution in [2.45, 2.75) is 33.4 Å². The lowest BCUT2D eigenvalue weighted by Gasteiger charge is -2.09. The molecule has 1 N–H and O–H groups in total. The fourth-order valence-electron chi connectivity index (χ4n) is 2.15. The fourth-order valence-corrected chi connectivity index (χ4v) is 2.15. The quantitative estimate of drug-likeness (QED) is 0.877. The third kappa shape index (κ3) is 3.71. The van der Waals surface area contributed by atoms with Crippen LogP contribution in [-0.4, -0.2) is 10.5 Å². The molecule has 0 aliphatic rings. The first kappa shape index (κ1) is 13.4. The van der Waals surface area contributed by atoms with E-state index < -0.39 is 0 Å². The number of amides is 1. The minimum atomic E-state index is 0.0938. The van der Waals surface area contributed by atoms with E-state index in [1.807, 2.05) is 30.3 Å². The van der Waals surface area contributed by atoms with Gasteiger partial charge in [0.25, 0.3) is 0 Å². The average molecular weight is 256 g/mol. The number of carbonyl (C=O) groups is 1. The van der Waals surface area contributed by atoms with E-state index in [4.69, 9.17) is 0 Å². The van der Waals surface area contributed by atoms with Crippen molar-refractivity contribution in [3.05, 3.63) is 59.4 Å². The van der Waals surface area contributed by atoms with Crippen molar-refractivity contribution in [3.63, 3.8) is 0 Å². The van der Waals surface area contributed by atoms with Gasteiger partial charge in [-0.3, -0.25) is 4.79 Å². The number of hydrogen-bond donors (Lipinski definition) is 1. The molecule has 1 aromatic carbocycles. The summed E-state index contributed by atoms with van der Waals surface area (Å²) in [5.41, 5.74) is 3.53. The maximum Gasteiger partial charge on any atom is 0.222 e. The molecule has 100 valence electrons. The molecule has 0 aliphatic carbocycles. The molecule has 2 rings (SSSR count). The van der Waals surface area contributed by atoms with Gasteiger partial charge < -0.3 is 9.88 Å². The van der Waals surface area contributed by atoms with Crippen LogP contribution in [0.1, 0.15) is 23.4 Å². The molecule has 0 fully saturated rings. The first-order valence-electron chi connectivity index (χ1n) is 6.60. The third-order valence-electron chi connectivity index (χ3n) is 3.31. The summed E-state index contributed by atoms with van der Waals surface area (Å²) in [7, 11) is 0. The first-order valence-corrected chi connectivity index (χ1v) is 6.60. The van der Waals surface area contributed by atoms with Crippen molar-refractivity contribution >= 4 is 5.91 Å². The monoisotopic (exact) mass is 256 g/mol. The zero-order valence-corrected chi connectivity index (χ0v) is 11.5. The second-order valence-electron chi connectivity index (χ2n) is 4.78. The molecule has 3 nitrogen and oxygen atoms in total. The first-order chi connectivity index (χ1) is 9.16. The molecule has 3 heteroatoms. The van der Waals surface area contributed by atoms with Gasteiger partial charge in [-0.05, 0) is 31.5 Å². The van der Waals surface area contributed by atoms with Crippen molar-refractivity contribution in [1.29, 1.82) is 0 Å². The summed E-state index contributed by atoms with van der Waals surface area (Å²) in [6, 6.07) is 14.1. The summed E-state index contributed by atoms with van der Waals surface area (Å²) < 4.78 is 2.17. The summed E-state index contributed by atoms with van der Waals surface area (Å²) in [6.07, 6.45) is 0.517. The van der Waals surface area contributed by atoms with E-state index in [2.05, 4.69) is 35.9 Å². The SMILES string of the molecule is Cc1ccc(C)n1CCC(=O)NCc1ccccc1. The Labute approximate surface area is 114 Å². The molecular formula is C16H20N2O. The third-order valence-corrected chi connectivity index (χ3v) is 3.31. The van der Waals surface area contributed by atoms with Crippen molar-refractivity contribution < 1.29 is 4.79 Å². The second kappa shape index (κ2) is 6.23. The highest BCUT2D eigenvalue weighted by Gasteiger charge is 2.05. The molecule has 0 spiro atoms. The zero-order chi connectivity index (χ0) is 13.7. The Kier molecular flexibility index (Phi) is 4.39. The summed E-state index contributed by atoms with van der Waals surface area (Å²) >= 11 is 0. The van der Waals surface area contributed by atoms with Crippen LogP contribution in [0.4, 0.5) is 0 Å². The summed E-state index contributed by atoms with van der Waals surface area (Å²) in [5.74, 6) is 0.0938. The standard InChI is InChI=1S/C16H20N2O/c1-13-8-9-14(2)18(13)11-10-16(19)17-12-15-6-4-3-5-7-15/h3-9H,10-12H2,1-2H3,(H,17,19). The van der Waals surface area contributed by atoms with Crippen molar-refractivity contribution in [3.8, 4) is 0 Å². The Morgan fingerprint density at radius 1 is 1.05 bits per heavy atom. The molecule has 1 heterocycles. The molecule has 0 saturated carbocycles. The van der Waals surface area contributed by atoms with E-state index in [0.29, 0.717) is 13.0 Å². The van der Waals surface area contributed by atoms with Crippen LogP contribution in [0.25, 0.3) is 0 Å². The molecule has 19 heavy (non-hydrogen) atoms. The van der Waals surface area contributed by atoms with Crippen LogP contribution in [0, 0.1) is 13.8 Å². The Morgan fingerprint density at radius 2 is 1.68 bits per heavy atom. The topological polar surface area (TPSA) is 34.0 Å². The van der Waals surface area contributed by atoms with Gasteiger partial charge in [-0.2, -0.15) is 0 Å². The number of carbonyl (C=O) groups excluding carboxylic acids is 1. The number of nitrogens with zero attached hydrogens (tertiary/aromatic N) is 1.